The normalized spacial score (nSPS) is 12.6. The molecule has 0 amide bonds. The summed E-state index contributed by atoms with van der Waals surface area (Å²) in [4.78, 5) is 19.3. The lowest BCUT2D eigenvalue weighted by Gasteiger charge is -2.23. The Morgan fingerprint density at radius 2 is 1.10 bits per heavy atom. The molecule has 0 bridgehead atoms. The van der Waals surface area contributed by atoms with Crippen molar-refractivity contribution in [2.24, 2.45) is 0 Å². The Kier molecular flexibility index (Phi) is 6.86. The molecule has 2 aromatic heterocycles. The van der Waals surface area contributed by atoms with E-state index in [1.54, 1.807) is 0 Å². The highest BCUT2D eigenvalue weighted by Gasteiger charge is 2.25. The summed E-state index contributed by atoms with van der Waals surface area (Å²) in [6, 6.07) is 25.9. The predicted octanol–water partition coefficient (Wildman–Crippen LogP) is 9.31. The highest BCUT2D eigenvalue weighted by Crippen LogP contribution is 2.35. The molecule has 5 rings (SSSR count). The molecular formula is C36H40N4. The van der Waals surface area contributed by atoms with Gasteiger partial charge in [-0.05, 0) is 57.1 Å². The molecule has 0 aliphatic heterocycles. The van der Waals surface area contributed by atoms with Crippen molar-refractivity contribution in [2.45, 2.75) is 78.6 Å². The number of benzene rings is 3. The van der Waals surface area contributed by atoms with Crippen LogP contribution in [0.1, 0.15) is 79.5 Å². The Balaban J connectivity index is 1.53. The Morgan fingerprint density at radius 1 is 0.500 bits per heavy atom. The fraction of sp³-hybridized carbons (Fsp3) is 0.333. The lowest BCUT2D eigenvalue weighted by Crippen LogP contribution is -2.24. The zero-order valence-corrected chi connectivity index (χ0v) is 25.3. The van der Waals surface area contributed by atoms with Crippen LogP contribution in [0, 0.1) is 0 Å². The van der Waals surface area contributed by atoms with Crippen molar-refractivity contribution in [3.05, 3.63) is 96.2 Å². The molecule has 0 radical (unpaired) electrons. The van der Waals surface area contributed by atoms with Crippen molar-refractivity contribution < 1.29 is 0 Å². The average molecular weight is 529 g/mol. The second-order valence-electron chi connectivity index (χ2n) is 13.8. The summed E-state index contributed by atoms with van der Waals surface area (Å²) in [7, 11) is 0. The third-order valence-electron chi connectivity index (χ3n) is 7.18. The fourth-order valence-electron chi connectivity index (χ4n) is 4.83. The van der Waals surface area contributed by atoms with Gasteiger partial charge < -0.3 is 0 Å². The summed E-state index contributed by atoms with van der Waals surface area (Å²) in [5, 5.41) is 2.54. The van der Waals surface area contributed by atoms with Crippen molar-refractivity contribution in [3.8, 4) is 33.8 Å². The first kappa shape index (κ1) is 27.6. The van der Waals surface area contributed by atoms with Gasteiger partial charge in [0.05, 0.1) is 5.69 Å². The van der Waals surface area contributed by atoms with Crippen LogP contribution in [0.25, 0.3) is 44.5 Å². The molecule has 204 valence electrons. The van der Waals surface area contributed by atoms with Crippen LogP contribution in [-0.4, -0.2) is 19.9 Å². The summed E-state index contributed by atoms with van der Waals surface area (Å²) in [5.41, 5.74) is 6.38. The van der Waals surface area contributed by atoms with Gasteiger partial charge in [0.2, 0.25) is 0 Å². The number of fused-ring (bicyclic) bond motifs is 1. The van der Waals surface area contributed by atoms with Gasteiger partial charge in [0.15, 0.2) is 5.82 Å². The molecule has 40 heavy (non-hydrogen) atoms. The van der Waals surface area contributed by atoms with Gasteiger partial charge in [-0.3, -0.25) is 4.98 Å². The quantitative estimate of drug-likeness (QED) is 0.234. The number of hydrogen-bond donors (Lipinski definition) is 0. The zero-order chi connectivity index (χ0) is 28.9. The van der Waals surface area contributed by atoms with E-state index in [0.717, 1.165) is 45.4 Å². The molecular weight excluding hydrogens is 488 g/mol. The lowest BCUT2D eigenvalue weighted by atomic mass is 9.82. The van der Waals surface area contributed by atoms with E-state index in [1.165, 1.54) is 16.3 Å². The van der Waals surface area contributed by atoms with Gasteiger partial charge in [0.1, 0.15) is 11.6 Å². The minimum atomic E-state index is -0.166. The maximum absolute atomic E-state index is 4.87. The van der Waals surface area contributed by atoms with Gasteiger partial charge in [-0.15, -0.1) is 0 Å². The van der Waals surface area contributed by atoms with Crippen molar-refractivity contribution in [3.63, 3.8) is 0 Å². The monoisotopic (exact) mass is 528 g/mol. The van der Waals surface area contributed by atoms with Crippen LogP contribution in [0.5, 0.6) is 0 Å². The van der Waals surface area contributed by atoms with E-state index in [-0.39, 0.29) is 16.2 Å². The van der Waals surface area contributed by atoms with Gasteiger partial charge in [0, 0.05) is 28.2 Å². The molecule has 0 N–H and O–H groups in total. The minimum Gasteiger partial charge on any atom is -0.256 e. The van der Waals surface area contributed by atoms with E-state index in [2.05, 4.69) is 135 Å². The molecule has 3 aromatic carbocycles. The van der Waals surface area contributed by atoms with Crippen LogP contribution in [-0.2, 0) is 16.2 Å². The molecule has 0 unspecified atom stereocenters. The number of nitrogens with zero attached hydrogens (tertiary/aromatic N) is 4. The predicted molar refractivity (Wildman–Crippen MR) is 168 cm³/mol. The first-order valence-electron chi connectivity index (χ1n) is 14.1. The molecule has 0 fully saturated rings. The van der Waals surface area contributed by atoms with Gasteiger partial charge in [-0.25, -0.2) is 15.0 Å². The number of rotatable bonds is 3. The number of hydrogen-bond acceptors (Lipinski definition) is 4. The summed E-state index contributed by atoms with van der Waals surface area (Å²) < 4.78 is 0. The molecule has 0 spiro atoms. The Morgan fingerprint density at radius 3 is 1.70 bits per heavy atom. The van der Waals surface area contributed by atoms with Crippen molar-refractivity contribution >= 4 is 10.8 Å². The summed E-state index contributed by atoms with van der Waals surface area (Å²) in [6.45, 7) is 19.7. The Hall–Kier alpha value is -3.92. The maximum Gasteiger partial charge on any atom is 0.163 e. The largest absolute Gasteiger partial charge is 0.256 e. The highest BCUT2D eigenvalue weighted by atomic mass is 15.1. The molecule has 2 heterocycles. The molecule has 0 saturated carbocycles. The van der Waals surface area contributed by atoms with Gasteiger partial charge in [-0.2, -0.15) is 0 Å². The van der Waals surface area contributed by atoms with Gasteiger partial charge in [-0.1, -0.05) is 111 Å². The molecule has 0 aliphatic rings. The topological polar surface area (TPSA) is 51.6 Å². The van der Waals surface area contributed by atoms with Crippen molar-refractivity contribution in [2.75, 3.05) is 0 Å². The zero-order valence-electron chi connectivity index (χ0n) is 25.3. The summed E-state index contributed by atoms with van der Waals surface area (Å²) in [5.74, 6) is 2.35. The van der Waals surface area contributed by atoms with E-state index in [1.807, 2.05) is 6.20 Å². The van der Waals surface area contributed by atoms with Crippen LogP contribution < -0.4 is 0 Å². The van der Waals surface area contributed by atoms with E-state index in [9.17, 15) is 0 Å². The second kappa shape index (κ2) is 9.92. The van der Waals surface area contributed by atoms with Gasteiger partial charge >= 0.3 is 0 Å². The first-order chi connectivity index (χ1) is 18.7. The number of pyridine rings is 1. The minimum absolute atomic E-state index is 0.0256. The summed E-state index contributed by atoms with van der Waals surface area (Å²) in [6.07, 6.45) is 1.90. The van der Waals surface area contributed by atoms with Crippen LogP contribution >= 0.6 is 0 Å². The maximum atomic E-state index is 4.87. The molecule has 4 nitrogen and oxygen atoms in total. The Labute approximate surface area is 239 Å². The van der Waals surface area contributed by atoms with Crippen LogP contribution in [0.3, 0.4) is 0 Å². The van der Waals surface area contributed by atoms with Crippen LogP contribution in [0.2, 0.25) is 0 Å². The third kappa shape index (κ3) is 5.67. The molecule has 4 heteroatoms. The second-order valence-corrected chi connectivity index (χ2v) is 13.8. The standard InChI is InChI=1S/C36H40N4/c1-34(2,3)29-21-27(20-26-12-10-11-13-28(26)29)30-22-25(18-19-37-30)23-14-16-24(17-15-23)31-38-32(35(4,5)6)40-33(39-31)36(7,8)9/h10-22H,1-9H3. The van der Waals surface area contributed by atoms with Crippen molar-refractivity contribution in [1.29, 1.82) is 0 Å². The Bertz CT molecular complexity index is 1650. The number of aromatic nitrogens is 4. The van der Waals surface area contributed by atoms with E-state index in [4.69, 9.17) is 19.9 Å². The fourth-order valence-corrected chi connectivity index (χ4v) is 4.83. The molecule has 0 aliphatic carbocycles. The third-order valence-corrected chi connectivity index (χ3v) is 7.18. The van der Waals surface area contributed by atoms with Crippen LogP contribution in [0.15, 0.2) is 79.0 Å². The smallest absolute Gasteiger partial charge is 0.163 e. The summed E-state index contributed by atoms with van der Waals surface area (Å²) >= 11 is 0. The molecule has 0 atom stereocenters. The van der Waals surface area contributed by atoms with Gasteiger partial charge in [0.25, 0.3) is 0 Å². The van der Waals surface area contributed by atoms with E-state index < -0.39 is 0 Å². The van der Waals surface area contributed by atoms with Crippen molar-refractivity contribution in [1.82, 2.24) is 19.9 Å². The van der Waals surface area contributed by atoms with E-state index >= 15 is 0 Å². The molecule has 5 aromatic rings. The molecule has 0 saturated heterocycles. The van der Waals surface area contributed by atoms with E-state index in [0.29, 0.717) is 0 Å². The average Bonchev–Trinajstić information content (AvgIpc) is 2.91. The SMILES string of the molecule is CC(C)(C)c1nc(-c2ccc(-c3ccnc(-c4cc(C(C)(C)C)c5ccccc5c4)c3)cc2)nc(C(C)(C)C)n1. The van der Waals surface area contributed by atoms with Crippen LogP contribution in [0.4, 0.5) is 0 Å². The lowest BCUT2D eigenvalue weighted by molar-refractivity contribution is 0.497. The highest BCUT2D eigenvalue weighted by molar-refractivity contribution is 5.91. The first-order valence-corrected chi connectivity index (χ1v) is 14.1.